The summed E-state index contributed by atoms with van der Waals surface area (Å²) in [5.74, 6) is 0.733. The van der Waals surface area contributed by atoms with Gasteiger partial charge in [-0.25, -0.2) is 0 Å². The van der Waals surface area contributed by atoms with Crippen molar-refractivity contribution in [3.05, 3.63) is 28.8 Å². The van der Waals surface area contributed by atoms with E-state index in [-0.39, 0.29) is 11.9 Å². The van der Waals surface area contributed by atoms with E-state index in [4.69, 9.17) is 29.1 Å². The Balaban J connectivity index is 1.81. The minimum atomic E-state index is -0.690. The highest BCUT2D eigenvalue weighted by Crippen LogP contribution is 2.40. The summed E-state index contributed by atoms with van der Waals surface area (Å²) in [5.41, 5.74) is 0.326. The second-order valence-corrected chi connectivity index (χ2v) is 9.70. The van der Waals surface area contributed by atoms with Crippen molar-refractivity contribution in [1.29, 1.82) is 5.26 Å². The summed E-state index contributed by atoms with van der Waals surface area (Å²) in [6.45, 7) is 3.90. The van der Waals surface area contributed by atoms with Crippen molar-refractivity contribution >= 4 is 56.5 Å². The molecule has 0 bridgehead atoms. The molecule has 1 aliphatic heterocycles. The molecule has 2 aliphatic rings. The van der Waals surface area contributed by atoms with Crippen molar-refractivity contribution in [2.75, 3.05) is 10.2 Å². The predicted molar refractivity (Wildman–Crippen MR) is 121 cm³/mol. The molecule has 2 fully saturated rings. The molecule has 0 N–H and O–H groups in total. The summed E-state index contributed by atoms with van der Waals surface area (Å²) in [6.07, 6.45) is 6.97. The van der Waals surface area contributed by atoms with E-state index in [0.29, 0.717) is 21.4 Å². The first kappa shape index (κ1) is 21.5. The molecule has 0 atom stereocenters. The largest absolute Gasteiger partial charge is 0.331 e. The first-order chi connectivity index (χ1) is 13.3. The molecule has 1 aromatic rings. The number of hydrogen-bond donors (Lipinski definition) is 0. The van der Waals surface area contributed by atoms with Crippen LogP contribution < -0.4 is 4.90 Å². The predicted octanol–water partition coefficient (Wildman–Crippen LogP) is 5.66. The lowest BCUT2D eigenvalue weighted by molar-refractivity contribution is -0.124. The highest BCUT2D eigenvalue weighted by molar-refractivity contribution is 9.09. The van der Waals surface area contributed by atoms with E-state index in [1.54, 1.807) is 23.1 Å². The molecule has 1 aliphatic carbocycles. The molecule has 28 heavy (non-hydrogen) atoms. The smallest absolute Gasteiger partial charge is 0.258 e. The molecule has 1 heterocycles. The number of halogens is 2. The van der Waals surface area contributed by atoms with Crippen molar-refractivity contribution in [3.8, 4) is 6.07 Å². The Morgan fingerprint density at radius 3 is 2.57 bits per heavy atom. The van der Waals surface area contributed by atoms with Crippen molar-refractivity contribution < 1.29 is 4.79 Å². The first-order valence-corrected chi connectivity index (χ1v) is 11.7. The van der Waals surface area contributed by atoms with Crippen LogP contribution in [0, 0.1) is 17.2 Å². The normalized spacial score (nSPS) is 24.5. The molecule has 3 rings (SSSR count). The highest BCUT2D eigenvalue weighted by Gasteiger charge is 2.52. The highest BCUT2D eigenvalue weighted by atomic mass is 79.9. The number of anilines is 1. The lowest BCUT2D eigenvalue weighted by atomic mass is 9.82. The van der Waals surface area contributed by atoms with Gasteiger partial charge in [0.2, 0.25) is 0 Å². The Labute approximate surface area is 185 Å². The summed E-state index contributed by atoms with van der Waals surface area (Å²) >= 11 is 15.5. The maximum absolute atomic E-state index is 13.2. The van der Waals surface area contributed by atoms with Crippen molar-refractivity contribution in [1.82, 2.24) is 4.90 Å². The minimum Gasteiger partial charge on any atom is -0.331 e. The molecule has 1 saturated heterocycles. The number of hydrogen-bond acceptors (Lipinski definition) is 3. The zero-order chi connectivity index (χ0) is 20.5. The van der Waals surface area contributed by atoms with Gasteiger partial charge >= 0.3 is 0 Å². The van der Waals surface area contributed by atoms with Crippen molar-refractivity contribution in [2.24, 2.45) is 5.92 Å². The van der Waals surface area contributed by atoms with E-state index in [1.807, 2.05) is 19.9 Å². The van der Waals surface area contributed by atoms with Crippen LogP contribution in [0.5, 0.6) is 0 Å². The van der Waals surface area contributed by atoms with E-state index < -0.39 is 5.54 Å². The fourth-order valence-electron chi connectivity index (χ4n) is 4.44. The Morgan fingerprint density at radius 2 is 2.00 bits per heavy atom. The average Bonchev–Trinajstić information content (AvgIpc) is 2.85. The summed E-state index contributed by atoms with van der Waals surface area (Å²) in [7, 11) is 0. The standard InChI is InChI=1S/C21H25BrClN3OS/c1-21(2)19(27)25(17-10-7-15(13-24)18(23)12-17)20(28)26(21)16-8-5-14(6-9-16)4-3-11-22/h7,10,12,14,16H,3-6,8-9,11H2,1-2H3/t14-,16-. The molecule has 4 nitrogen and oxygen atoms in total. The van der Waals surface area contributed by atoms with E-state index in [2.05, 4.69) is 20.8 Å². The molecule has 0 unspecified atom stereocenters. The first-order valence-electron chi connectivity index (χ1n) is 9.74. The third-order valence-electron chi connectivity index (χ3n) is 5.98. The number of carbonyl (C=O) groups is 1. The van der Waals surface area contributed by atoms with Crippen LogP contribution in [0.25, 0.3) is 0 Å². The van der Waals surface area contributed by atoms with Crippen molar-refractivity contribution in [2.45, 2.75) is 64.0 Å². The molecular weight excluding hydrogens is 458 g/mol. The third kappa shape index (κ3) is 3.94. The molecule has 150 valence electrons. The van der Waals surface area contributed by atoms with Gasteiger partial charge in [0.15, 0.2) is 5.11 Å². The number of amides is 1. The average molecular weight is 483 g/mol. The Bertz CT molecular complexity index is 814. The van der Waals surface area contributed by atoms with Crippen LogP contribution in [-0.2, 0) is 4.79 Å². The number of nitrogens with zero attached hydrogens (tertiary/aromatic N) is 3. The van der Waals surface area contributed by atoms with E-state index in [1.165, 1.54) is 25.7 Å². The van der Waals surface area contributed by atoms with Gasteiger partial charge in [-0.05, 0) is 88.7 Å². The number of benzene rings is 1. The number of thiocarbonyl (C=S) groups is 1. The molecular formula is C21H25BrClN3OS. The van der Waals surface area contributed by atoms with Crippen LogP contribution in [0.3, 0.4) is 0 Å². The summed E-state index contributed by atoms with van der Waals surface area (Å²) in [5, 5.41) is 11.0. The van der Waals surface area contributed by atoms with E-state index in [9.17, 15) is 4.79 Å². The maximum Gasteiger partial charge on any atom is 0.258 e. The second kappa shape index (κ2) is 8.69. The fraction of sp³-hybridized carbons (Fsp3) is 0.571. The molecule has 0 radical (unpaired) electrons. The van der Waals surface area contributed by atoms with Gasteiger partial charge in [-0.1, -0.05) is 27.5 Å². The van der Waals surface area contributed by atoms with Crippen LogP contribution >= 0.6 is 39.7 Å². The van der Waals surface area contributed by atoms with Gasteiger partial charge < -0.3 is 4.90 Å². The SMILES string of the molecule is CC1(C)C(=O)N(c2ccc(C#N)c(Cl)c2)C(=S)N1[C@H]1CC[C@H](CCCBr)CC1. The molecule has 1 saturated carbocycles. The quantitative estimate of drug-likeness (QED) is 0.401. The minimum absolute atomic E-state index is 0.0420. The number of carbonyl (C=O) groups excluding carboxylic acids is 1. The monoisotopic (exact) mass is 481 g/mol. The zero-order valence-electron chi connectivity index (χ0n) is 16.3. The third-order valence-corrected chi connectivity index (χ3v) is 7.24. The lowest BCUT2D eigenvalue weighted by Crippen LogP contribution is -2.51. The van der Waals surface area contributed by atoms with Gasteiger partial charge in [0.05, 0.1) is 16.3 Å². The topological polar surface area (TPSA) is 47.3 Å². The second-order valence-electron chi connectivity index (χ2n) is 8.13. The van der Waals surface area contributed by atoms with Gasteiger partial charge in [0.1, 0.15) is 11.6 Å². The van der Waals surface area contributed by atoms with Crippen LogP contribution in [0.15, 0.2) is 18.2 Å². The number of nitriles is 1. The van der Waals surface area contributed by atoms with Gasteiger partial charge in [-0.15, -0.1) is 0 Å². The summed E-state index contributed by atoms with van der Waals surface area (Å²) in [4.78, 5) is 17.0. The van der Waals surface area contributed by atoms with Crippen LogP contribution in [0.1, 0.15) is 57.9 Å². The van der Waals surface area contributed by atoms with E-state index in [0.717, 1.165) is 24.1 Å². The van der Waals surface area contributed by atoms with Gasteiger partial charge in [-0.2, -0.15) is 5.26 Å². The molecule has 1 aromatic carbocycles. The summed E-state index contributed by atoms with van der Waals surface area (Å²) in [6, 6.07) is 7.36. The zero-order valence-corrected chi connectivity index (χ0v) is 19.4. The van der Waals surface area contributed by atoms with Crippen LogP contribution in [-0.4, -0.2) is 32.8 Å². The Kier molecular flexibility index (Phi) is 6.69. The Hall–Kier alpha value is -1.16. The van der Waals surface area contributed by atoms with Gasteiger partial charge in [0, 0.05) is 11.4 Å². The van der Waals surface area contributed by atoms with E-state index >= 15 is 0 Å². The molecule has 0 aromatic heterocycles. The van der Waals surface area contributed by atoms with Crippen LogP contribution in [0.4, 0.5) is 5.69 Å². The number of rotatable bonds is 5. The lowest BCUT2D eigenvalue weighted by Gasteiger charge is -2.41. The van der Waals surface area contributed by atoms with Gasteiger partial charge in [-0.3, -0.25) is 9.69 Å². The fourth-order valence-corrected chi connectivity index (χ4v) is 5.55. The van der Waals surface area contributed by atoms with Gasteiger partial charge in [0.25, 0.3) is 5.91 Å². The summed E-state index contributed by atoms with van der Waals surface area (Å²) < 4.78 is 0. The Morgan fingerprint density at radius 1 is 1.32 bits per heavy atom. The molecule has 0 spiro atoms. The number of alkyl halides is 1. The molecule has 7 heteroatoms. The van der Waals surface area contributed by atoms with Crippen molar-refractivity contribution in [3.63, 3.8) is 0 Å². The van der Waals surface area contributed by atoms with Crippen LogP contribution in [0.2, 0.25) is 5.02 Å². The molecule has 1 amide bonds. The maximum atomic E-state index is 13.2.